The monoisotopic (exact) mass is 317 g/mol. The van der Waals surface area contributed by atoms with Gasteiger partial charge in [-0.05, 0) is 37.5 Å². The lowest BCUT2D eigenvalue weighted by Crippen LogP contribution is -2.28. The third-order valence-electron chi connectivity index (χ3n) is 3.10. The van der Waals surface area contributed by atoms with E-state index in [0.29, 0.717) is 6.10 Å². The van der Waals surface area contributed by atoms with Crippen LogP contribution in [0.4, 0.5) is 0 Å². The van der Waals surface area contributed by atoms with Crippen LogP contribution >= 0.6 is 27.5 Å². The van der Waals surface area contributed by atoms with E-state index in [1.807, 2.05) is 12.1 Å². The Labute approximate surface area is 116 Å². The molecule has 0 amide bonds. The van der Waals surface area contributed by atoms with Gasteiger partial charge in [0.15, 0.2) is 0 Å². The van der Waals surface area contributed by atoms with Crippen molar-refractivity contribution >= 4 is 27.5 Å². The lowest BCUT2D eigenvalue weighted by atomic mass is 10.1. The van der Waals surface area contributed by atoms with Crippen LogP contribution in [0, 0.1) is 0 Å². The maximum absolute atomic E-state index is 6.22. The van der Waals surface area contributed by atoms with Gasteiger partial charge in [0, 0.05) is 28.7 Å². The van der Waals surface area contributed by atoms with Gasteiger partial charge in [-0.25, -0.2) is 0 Å². The first-order valence-electron chi connectivity index (χ1n) is 5.97. The molecule has 2 atom stereocenters. The Morgan fingerprint density at radius 1 is 1.59 bits per heavy atom. The average Bonchev–Trinajstić information content (AvgIpc) is 2.78. The maximum Gasteiger partial charge on any atom is 0.0700 e. The van der Waals surface area contributed by atoms with Crippen LogP contribution in [0.3, 0.4) is 0 Å². The normalized spacial score (nSPS) is 21.7. The van der Waals surface area contributed by atoms with E-state index < -0.39 is 0 Å². The fourth-order valence-corrected chi connectivity index (χ4v) is 2.91. The third-order valence-corrected chi connectivity index (χ3v) is 3.93. The summed E-state index contributed by atoms with van der Waals surface area (Å²) in [5.74, 6) is 0. The Hall–Kier alpha value is -0.0900. The van der Waals surface area contributed by atoms with Crippen LogP contribution in [-0.4, -0.2) is 19.3 Å². The lowest BCUT2D eigenvalue weighted by molar-refractivity contribution is 0.108. The van der Waals surface area contributed by atoms with Crippen molar-refractivity contribution in [1.29, 1.82) is 0 Å². The summed E-state index contributed by atoms with van der Waals surface area (Å²) in [7, 11) is 0. The number of benzene rings is 1. The van der Waals surface area contributed by atoms with Gasteiger partial charge >= 0.3 is 0 Å². The van der Waals surface area contributed by atoms with Crippen molar-refractivity contribution in [3.8, 4) is 0 Å². The molecule has 1 aliphatic heterocycles. The SMILES string of the molecule is CC(NCC1CCCO1)c1ccc(Br)cc1Cl. The zero-order valence-electron chi connectivity index (χ0n) is 9.88. The summed E-state index contributed by atoms with van der Waals surface area (Å²) >= 11 is 9.63. The predicted octanol–water partition coefficient (Wildman–Crippen LogP) is 3.93. The van der Waals surface area contributed by atoms with Crippen molar-refractivity contribution in [3.05, 3.63) is 33.3 Å². The van der Waals surface area contributed by atoms with Gasteiger partial charge < -0.3 is 10.1 Å². The molecule has 0 spiro atoms. The van der Waals surface area contributed by atoms with Crippen LogP contribution < -0.4 is 5.32 Å². The molecule has 94 valence electrons. The van der Waals surface area contributed by atoms with E-state index in [-0.39, 0.29) is 6.04 Å². The topological polar surface area (TPSA) is 21.3 Å². The van der Waals surface area contributed by atoms with Crippen molar-refractivity contribution in [2.45, 2.75) is 31.9 Å². The van der Waals surface area contributed by atoms with E-state index in [4.69, 9.17) is 16.3 Å². The van der Waals surface area contributed by atoms with Crippen LogP contribution in [0.25, 0.3) is 0 Å². The van der Waals surface area contributed by atoms with Gasteiger partial charge in [0.25, 0.3) is 0 Å². The Kier molecular flexibility index (Phi) is 4.86. The second-order valence-electron chi connectivity index (χ2n) is 4.43. The first-order chi connectivity index (χ1) is 8.16. The van der Waals surface area contributed by atoms with Crippen molar-refractivity contribution in [2.75, 3.05) is 13.2 Å². The summed E-state index contributed by atoms with van der Waals surface area (Å²) in [5, 5.41) is 4.27. The van der Waals surface area contributed by atoms with Gasteiger partial charge in [-0.3, -0.25) is 0 Å². The molecule has 1 aromatic carbocycles. The van der Waals surface area contributed by atoms with E-state index in [1.54, 1.807) is 0 Å². The number of nitrogens with one attached hydrogen (secondary N) is 1. The van der Waals surface area contributed by atoms with Gasteiger partial charge in [-0.2, -0.15) is 0 Å². The molecular formula is C13H17BrClNO. The maximum atomic E-state index is 6.22. The first-order valence-corrected chi connectivity index (χ1v) is 7.14. The van der Waals surface area contributed by atoms with Gasteiger partial charge in [0.2, 0.25) is 0 Å². The fraction of sp³-hybridized carbons (Fsp3) is 0.538. The minimum absolute atomic E-state index is 0.250. The van der Waals surface area contributed by atoms with Crippen LogP contribution in [0.15, 0.2) is 22.7 Å². The summed E-state index contributed by atoms with van der Waals surface area (Å²) in [5.41, 5.74) is 1.13. The molecule has 0 radical (unpaired) electrons. The van der Waals surface area contributed by atoms with Crippen molar-refractivity contribution in [3.63, 3.8) is 0 Å². The molecule has 2 rings (SSSR count). The summed E-state index contributed by atoms with van der Waals surface area (Å²) in [4.78, 5) is 0. The molecule has 0 bridgehead atoms. The molecule has 2 nitrogen and oxygen atoms in total. The number of hydrogen-bond acceptors (Lipinski definition) is 2. The predicted molar refractivity (Wildman–Crippen MR) is 74.5 cm³/mol. The summed E-state index contributed by atoms with van der Waals surface area (Å²) in [6.45, 7) is 3.93. The Morgan fingerprint density at radius 2 is 2.41 bits per heavy atom. The van der Waals surface area contributed by atoms with Gasteiger partial charge in [-0.15, -0.1) is 0 Å². The molecule has 1 heterocycles. The fourth-order valence-electron chi connectivity index (χ4n) is 2.08. The Balaban J connectivity index is 1.91. The summed E-state index contributed by atoms with van der Waals surface area (Å²) in [6, 6.07) is 6.26. The van der Waals surface area contributed by atoms with E-state index >= 15 is 0 Å². The summed E-state index contributed by atoms with van der Waals surface area (Å²) in [6.07, 6.45) is 2.71. The van der Waals surface area contributed by atoms with E-state index in [2.05, 4.69) is 34.2 Å². The smallest absolute Gasteiger partial charge is 0.0700 e. The molecule has 0 aromatic heterocycles. The number of hydrogen-bond donors (Lipinski definition) is 1. The van der Waals surface area contributed by atoms with Gasteiger partial charge in [0.1, 0.15) is 0 Å². The van der Waals surface area contributed by atoms with Crippen molar-refractivity contribution in [1.82, 2.24) is 5.32 Å². The lowest BCUT2D eigenvalue weighted by Gasteiger charge is -2.18. The van der Waals surface area contributed by atoms with E-state index in [1.165, 1.54) is 6.42 Å². The molecule has 0 aliphatic carbocycles. The molecule has 1 saturated heterocycles. The highest BCUT2D eigenvalue weighted by molar-refractivity contribution is 9.10. The zero-order chi connectivity index (χ0) is 12.3. The van der Waals surface area contributed by atoms with Crippen molar-refractivity contribution in [2.24, 2.45) is 0 Å². The Bertz CT molecular complexity index is 380. The second-order valence-corrected chi connectivity index (χ2v) is 5.75. The molecule has 1 aromatic rings. The number of ether oxygens (including phenoxy) is 1. The van der Waals surface area contributed by atoms with E-state index in [9.17, 15) is 0 Å². The largest absolute Gasteiger partial charge is 0.377 e. The quantitative estimate of drug-likeness (QED) is 0.908. The second kappa shape index (κ2) is 6.19. The van der Waals surface area contributed by atoms with Gasteiger partial charge in [0.05, 0.1) is 6.10 Å². The molecule has 2 unspecified atom stereocenters. The highest BCUT2D eigenvalue weighted by Gasteiger charge is 2.17. The van der Waals surface area contributed by atoms with Gasteiger partial charge in [-0.1, -0.05) is 33.6 Å². The molecule has 17 heavy (non-hydrogen) atoms. The highest BCUT2D eigenvalue weighted by Crippen LogP contribution is 2.26. The van der Waals surface area contributed by atoms with Crippen LogP contribution in [0.2, 0.25) is 5.02 Å². The standard InChI is InChI=1S/C13H17BrClNO/c1-9(16-8-11-3-2-6-17-11)12-5-4-10(14)7-13(12)15/h4-5,7,9,11,16H,2-3,6,8H2,1H3. The molecule has 1 aliphatic rings. The number of halogens is 2. The average molecular weight is 319 g/mol. The van der Waals surface area contributed by atoms with Crippen LogP contribution in [-0.2, 0) is 4.74 Å². The molecule has 1 N–H and O–H groups in total. The molecule has 0 saturated carbocycles. The van der Waals surface area contributed by atoms with Crippen molar-refractivity contribution < 1.29 is 4.74 Å². The molecule has 1 fully saturated rings. The zero-order valence-corrected chi connectivity index (χ0v) is 12.2. The number of rotatable bonds is 4. The molecular weight excluding hydrogens is 302 g/mol. The molecule has 4 heteroatoms. The van der Waals surface area contributed by atoms with E-state index in [0.717, 1.165) is 34.6 Å². The highest BCUT2D eigenvalue weighted by atomic mass is 79.9. The minimum Gasteiger partial charge on any atom is -0.377 e. The van der Waals surface area contributed by atoms with Crippen LogP contribution in [0.5, 0.6) is 0 Å². The van der Waals surface area contributed by atoms with Crippen LogP contribution in [0.1, 0.15) is 31.4 Å². The Morgan fingerprint density at radius 3 is 3.06 bits per heavy atom. The minimum atomic E-state index is 0.250. The summed E-state index contributed by atoms with van der Waals surface area (Å²) < 4.78 is 6.60. The first kappa shape index (κ1) is 13.3. The third kappa shape index (κ3) is 3.68.